The summed E-state index contributed by atoms with van der Waals surface area (Å²) in [5, 5.41) is 10.8. The van der Waals surface area contributed by atoms with Crippen molar-refractivity contribution in [3.8, 4) is 0 Å². The Hall–Kier alpha value is -1.16. The van der Waals surface area contributed by atoms with Gasteiger partial charge in [-0.2, -0.15) is 0 Å². The van der Waals surface area contributed by atoms with Crippen molar-refractivity contribution in [3.05, 3.63) is 35.5 Å². The van der Waals surface area contributed by atoms with E-state index in [1.54, 1.807) is 30.8 Å². The van der Waals surface area contributed by atoms with Gasteiger partial charge in [0.05, 0.1) is 0 Å². The summed E-state index contributed by atoms with van der Waals surface area (Å²) in [6, 6.07) is 3.43. The van der Waals surface area contributed by atoms with E-state index in [0.29, 0.717) is 5.56 Å². The van der Waals surface area contributed by atoms with Crippen molar-refractivity contribution in [2.45, 2.75) is 0 Å². The van der Waals surface area contributed by atoms with E-state index in [1.165, 1.54) is 11.6 Å². The first-order valence-corrected chi connectivity index (χ1v) is 6.18. The average Bonchev–Trinajstić information content (AvgIpc) is 2.03. The number of hydrogen-bond acceptors (Lipinski definition) is 3. The number of aliphatic hydroxyl groups excluding tert-OH is 1. The van der Waals surface area contributed by atoms with E-state index in [0.717, 1.165) is 0 Å². The summed E-state index contributed by atoms with van der Waals surface area (Å²) in [5.74, 6) is 0.0168. The second kappa shape index (κ2) is 3.70. The van der Waals surface area contributed by atoms with Crippen molar-refractivity contribution >= 4 is 15.7 Å². The molecule has 0 aliphatic rings. The van der Waals surface area contributed by atoms with Gasteiger partial charge < -0.3 is 5.11 Å². The Morgan fingerprint density at radius 2 is 2.31 bits per heavy atom. The average molecular weight is 198 g/mol. The van der Waals surface area contributed by atoms with Crippen molar-refractivity contribution in [1.82, 2.24) is 4.98 Å². The molecule has 0 aromatic carbocycles. The van der Waals surface area contributed by atoms with Crippen molar-refractivity contribution in [1.29, 1.82) is 0 Å². The zero-order valence-corrected chi connectivity index (χ0v) is 8.41. The second-order valence-corrected chi connectivity index (χ2v) is 5.91. The quantitative estimate of drug-likeness (QED) is 0.581. The third-order valence-corrected chi connectivity index (χ3v) is 2.14. The number of aliphatic hydroxyl groups is 1. The topological polar surface area (TPSA) is 50.2 Å². The summed E-state index contributed by atoms with van der Waals surface area (Å²) in [5.41, 5.74) is 0.582. The molecule has 0 amide bonds. The maximum atomic E-state index is 11.3. The summed E-state index contributed by atoms with van der Waals surface area (Å²) in [4.78, 5) is 3.84. The van der Waals surface area contributed by atoms with E-state index >= 15 is 0 Å². The molecule has 0 radical (unpaired) electrons. The van der Waals surface area contributed by atoms with E-state index in [9.17, 15) is 9.32 Å². The molecule has 1 heterocycles. The molecular weight excluding hydrogens is 186 g/mol. The summed E-state index contributed by atoms with van der Waals surface area (Å²) in [7, 11) is -2.06. The van der Waals surface area contributed by atoms with E-state index in [2.05, 4.69) is 4.98 Å². The highest BCUT2D eigenvalue weighted by atomic mass is 32.2. The molecule has 4 heteroatoms. The minimum Gasteiger partial charge on any atom is -0.503 e. The smallest absolute Gasteiger partial charge is 0.171 e. The lowest BCUT2D eigenvalue weighted by atomic mass is 10.2. The van der Waals surface area contributed by atoms with Gasteiger partial charge in [0.1, 0.15) is 22.4 Å². The van der Waals surface area contributed by atoms with Crippen LogP contribution < -0.4 is 0 Å². The number of aromatic nitrogens is 1. The summed E-state index contributed by atoms with van der Waals surface area (Å²) in [6.07, 6.45) is 6.28. The lowest BCUT2D eigenvalue weighted by Gasteiger charge is -1.97. The molecule has 1 aromatic rings. The normalized spacial score (nSPS) is 12.9. The third-order valence-electron chi connectivity index (χ3n) is 1.35. The first-order chi connectivity index (χ1) is 5.99. The lowest BCUT2D eigenvalue weighted by Crippen LogP contribution is -2.00. The molecule has 1 aromatic heterocycles. The molecule has 1 N–H and O–H groups in total. The van der Waals surface area contributed by atoms with Gasteiger partial charge in [0, 0.05) is 18.0 Å². The minimum absolute atomic E-state index is 0.0168. The van der Waals surface area contributed by atoms with Gasteiger partial charge in [-0.1, -0.05) is 0 Å². The first-order valence-electron chi connectivity index (χ1n) is 3.74. The van der Waals surface area contributed by atoms with Crippen LogP contribution in [0.4, 0.5) is 0 Å². The summed E-state index contributed by atoms with van der Waals surface area (Å²) >= 11 is 0. The SMILES string of the molecule is C[S+](C)(=O)/C=C(\O)c1cccnc1. The van der Waals surface area contributed by atoms with Crippen molar-refractivity contribution in [3.63, 3.8) is 0 Å². The predicted octanol–water partition coefficient (Wildman–Crippen LogP) is 1.70. The molecule has 0 unspecified atom stereocenters. The Bertz CT molecular complexity index is 353. The van der Waals surface area contributed by atoms with Crippen molar-refractivity contribution in [2.24, 2.45) is 0 Å². The number of nitrogens with zero attached hydrogens (tertiary/aromatic N) is 1. The third kappa shape index (κ3) is 3.38. The van der Waals surface area contributed by atoms with Crippen LogP contribution in [0.3, 0.4) is 0 Å². The van der Waals surface area contributed by atoms with Crippen LogP contribution in [-0.4, -0.2) is 22.6 Å². The molecule has 0 saturated heterocycles. The van der Waals surface area contributed by atoms with Gasteiger partial charge in [0.25, 0.3) is 0 Å². The fraction of sp³-hybridized carbons (Fsp3) is 0.222. The molecule has 0 aliphatic carbocycles. The Labute approximate surface area is 78.6 Å². The Morgan fingerprint density at radius 3 is 2.77 bits per heavy atom. The van der Waals surface area contributed by atoms with Gasteiger partial charge in [-0.25, -0.2) is 0 Å². The molecule has 70 valence electrons. The second-order valence-electron chi connectivity index (χ2n) is 3.05. The molecule has 0 bridgehead atoms. The molecule has 3 nitrogen and oxygen atoms in total. The fourth-order valence-corrected chi connectivity index (χ4v) is 1.52. The van der Waals surface area contributed by atoms with Crippen LogP contribution in [0.5, 0.6) is 0 Å². The van der Waals surface area contributed by atoms with Crippen LogP contribution in [0.1, 0.15) is 5.56 Å². The van der Waals surface area contributed by atoms with Gasteiger partial charge >= 0.3 is 0 Å². The highest BCUT2D eigenvalue weighted by Gasteiger charge is 2.11. The van der Waals surface area contributed by atoms with Crippen LogP contribution in [0, 0.1) is 0 Å². The molecule has 13 heavy (non-hydrogen) atoms. The summed E-state index contributed by atoms with van der Waals surface area (Å²) in [6.45, 7) is 0. The Morgan fingerprint density at radius 1 is 1.62 bits per heavy atom. The Kier molecular flexibility index (Phi) is 2.83. The summed E-state index contributed by atoms with van der Waals surface area (Å²) < 4.78 is 11.3. The van der Waals surface area contributed by atoms with Gasteiger partial charge in [-0.05, 0) is 12.1 Å². The predicted molar refractivity (Wildman–Crippen MR) is 54.7 cm³/mol. The maximum Gasteiger partial charge on any atom is 0.171 e. The molecule has 0 atom stereocenters. The molecule has 0 fully saturated rings. The number of pyridine rings is 1. The first kappa shape index (κ1) is 9.92. The van der Waals surface area contributed by atoms with Crippen LogP contribution in [0.15, 0.2) is 29.9 Å². The number of hydrogen-bond donors (Lipinski definition) is 1. The molecular formula is C9H12NO2S+. The Balaban J connectivity index is 2.99. The van der Waals surface area contributed by atoms with E-state index in [1.807, 2.05) is 0 Å². The van der Waals surface area contributed by atoms with Crippen LogP contribution in [0.25, 0.3) is 5.76 Å². The van der Waals surface area contributed by atoms with Crippen LogP contribution >= 0.6 is 0 Å². The molecule has 1 rings (SSSR count). The zero-order valence-electron chi connectivity index (χ0n) is 7.60. The van der Waals surface area contributed by atoms with Crippen molar-refractivity contribution in [2.75, 3.05) is 12.5 Å². The monoisotopic (exact) mass is 198 g/mol. The van der Waals surface area contributed by atoms with Gasteiger partial charge in [0.2, 0.25) is 0 Å². The van der Waals surface area contributed by atoms with Crippen LogP contribution in [-0.2, 0) is 14.1 Å². The lowest BCUT2D eigenvalue weighted by molar-refractivity contribution is 0.512. The van der Waals surface area contributed by atoms with E-state index in [4.69, 9.17) is 0 Å². The standard InChI is InChI=1S/C9H11NO2S/c1-13(2,12)7-9(11)8-4-3-5-10-6-8/h3-7H,1-2H3/p+1. The zero-order chi connectivity index (χ0) is 9.90. The van der Waals surface area contributed by atoms with E-state index in [-0.39, 0.29) is 5.76 Å². The van der Waals surface area contributed by atoms with Gasteiger partial charge in [0.15, 0.2) is 11.2 Å². The maximum absolute atomic E-state index is 11.3. The van der Waals surface area contributed by atoms with Gasteiger partial charge in [-0.15, -0.1) is 4.21 Å². The molecule has 0 spiro atoms. The van der Waals surface area contributed by atoms with E-state index < -0.39 is 9.93 Å². The van der Waals surface area contributed by atoms with Crippen molar-refractivity contribution < 1.29 is 9.32 Å². The largest absolute Gasteiger partial charge is 0.503 e. The fourth-order valence-electron chi connectivity index (χ4n) is 0.851. The minimum atomic E-state index is -2.06. The molecule has 0 saturated carbocycles. The molecule has 0 aliphatic heterocycles. The highest BCUT2D eigenvalue weighted by Crippen LogP contribution is 2.12. The van der Waals surface area contributed by atoms with Crippen LogP contribution in [0.2, 0.25) is 0 Å². The highest BCUT2D eigenvalue weighted by molar-refractivity contribution is 8.04. The number of rotatable bonds is 2. The van der Waals surface area contributed by atoms with Gasteiger partial charge in [-0.3, -0.25) is 4.98 Å².